The molecule has 1 amide bonds. The highest BCUT2D eigenvalue weighted by atomic mass is 32.2. The molecule has 2 aromatic rings. The molecule has 23 heavy (non-hydrogen) atoms. The van der Waals surface area contributed by atoms with Crippen molar-refractivity contribution in [1.82, 2.24) is 0 Å². The zero-order valence-corrected chi connectivity index (χ0v) is 14.1. The van der Waals surface area contributed by atoms with E-state index >= 15 is 0 Å². The number of nitrogens with one attached hydrogen (secondary N) is 1. The molecule has 0 atom stereocenters. The molecule has 1 aromatic heterocycles. The second-order valence-electron chi connectivity index (χ2n) is 5.43. The molecular formula is C17H19NO4S. The monoisotopic (exact) mass is 333 g/mol. The van der Waals surface area contributed by atoms with Gasteiger partial charge in [-0.1, -0.05) is 12.1 Å². The predicted molar refractivity (Wildman–Crippen MR) is 90.8 cm³/mol. The van der Waals surface area contributed by atoms with Gasteiger partial charge in [-0.25, -0.2) is 8.42 Å². The first-order chi connectivity index (χ1) is 10.7. The van der Waals surface area contributed by atoms with Crippen molar-refractivity contribution in [3.05, 3.63) is 59.1 Å². The minimum atomic E-state index is -3.13. The Morgan fingerprint density at radius 2 is 1.96 bits per heavy atom. The topological polar surface area (TPSA) is 76.4 Å². The maximum absolute atomic E-state index is 12.0. The number of furan rings is 1. The van der Waals surface area contributed by atoms with Crippen LogP contribution in [0.3, 0.4) is 0 Å². The van der Waals surface area contributed by atoms with E-state index in [0.717, 1.165) is 11.3 Å². The minimum Gasteiger partial charge on any atom is -0.462 e. The largest absolute Gasteiger partial charge is 0.462 e. The van der Waals surface area contributed by atoms with E-state index in [1.807, 2.05) is 13.0 Å². The van der Waals surface area contributed by atoms with Crippen molar-refractivity contribution in [3.8, 4) is 0 Å². The molecule has 0 saturated carbocycles. The van der Waals surface area contributed by atoms with Gasteiger partial charge in [0.15, 0.2) is 9.84 Å². The van der Waals surface area contributed by atoms with Crippen LogP contribution in [-0.2, 0) is 20.4 Å². The summed E-state index contributed by atoms with van der Waals surface area (Å²) in [5.74, 6) is 1.01. The summed E-state index contributed by atoms with van der Waals surface area (Å²) in [6.07, 6.45) is 4.14. The number of amides is 1. The van der Waals surface area contributed by atoms with Crippen LogP contribution >= 0.6 is 0 Å². The highest BCUT2D eigenvalue weighted by molar-refractivity contribution is 7.89. The molecule has 1 aromatic carbocycles. The average molecular weight is 333 g/mol. The van der Waals surface area contributed by atoms with Gasteiger partial charge in [0.25, 0.3) is 0 Å². The van der Waals surface area contributed by atoms with Gasteiger partial charge in [0.2, 0.25) is 5.91 Å². The van der Waals surface area contributed by atoms with Crippen LogP contribution in [0.15, 0.2) is 40.8 Å². The van der Waals surface area contributed by atoms with E-state index in [1.54, 1.807) is 37.3 Å². The molecule has 122 valence electrons. The first-order valence-corrected chi connectivity index (χ1v) is 9.12. The van der Waals surface area contributed by atoms with Crippen LogP contribution in [0.5, 0.6) is 0 Å². The number of anilines is 1. The first kappa shape index (κ1) is 17.0. The molecule has 0 saturated heterocycles. The Morgan fingerprint density at radius 1 is 1.22 bits per heavy atom. The standard InChI is InChI=1S/C17H19NO4S/c1-12-7-8-15(22-12)9-10-17(19)18-16-6-4-5-14(13(16)2)11-23(3,20)21/h4-10H,11H2,1-3H3,(H,18,19)/b10-9+. The zero-order valence-electron chi connectivity index (χ0n) is 13.3. The maximum atomic E-state index is 12.0. The summed E-state index contributed by atoms with van der Waals surface area (Å²) in [5, 5.41) is 2.75. The Balaban J connectivity index is 2.12. The van der Waals surface area contributed by atoms with Crippen molar-refractivity contribution in [2.45, 2.75) is 19.6 Å². The molecule has 0 aliphatic heterocycles. The summed E-state index contributed by atoms with van der Waals surface area (Å²) in [7, 11) is -3.13. The van der Waals surface area contributed by atoms with Crippen LogP contribution < -0.4 is 5.32 Å². The van der Waals surface area contributed by atoms with Crippen LogP contribution in [0.2, 0.25) is 0 Å². The number of sulfone groups is 1. The van der Waals surface area contributed by atoms with Gasteiger partial charge >= 0.3 is 0 Å². The average Bonchev–Trinajstić information content (AvgIpc) is 2.85. The maximum Gasteiger partial charge on any atom is 0.248 e. The fraction of sp³-hybridized carbons (Fsp3) is 0.235. The third-order valence-corrected chi connectivity index (χ3v) is 4.12. The number of rotatable bonds is 5. The Morgan fingerprint density at radius 3 is 2.57 bits per heavy atom. The number of hydrogen-bond acceptors (Lipinski definition) is 4. The highest BCUT2D eigenvalue weighted by Gasteiger charge is 2.10. The van der Waals surface area contributed by atoms with Crippen LogP contribution in [0.1, 0.15) is 22.6 Å². The smallest absolute Gasteiger partial charge is 0.248 e. The van der Waals surface area contributed by atoms with E-state index in [0.29, 0.717) is 17.0 Å². The Kier molecular flexibility index (Phi) is 5.05. The second-order valence-corrected chi connectivity index (χ2v) is 7.57. The van der Waals surface area contributed by atoms with Crippen molar-refractivity contribution >= 4 is 27.5 Å². The number of benzene rings is 1. The lowest BCUT2D eigenvalue weighted by Crippen LogP contribution is -2.10. The molecule has 6 heteroatoms. The van der Waals surface area contributed by atoms with Crippen molar-refractivity contribution in [2.75, 3.05) is 11.6 Å². The minimum absolute atomic E-state index is 0.0515. The molecule has 0 bridgehead atoms. The molecule has 5 nitrogen and oxygen atoms in total. The molecule has 0 aliphatic rings. The number of carbonyl (C=O) groups excluding carboxylic acids is 1. The summed E-state index contributed by atoms with van der Waals surface area (Å²) < 4.78 is 28.2. The number of carbonyl (C=O) groups is 1. The first-order valence-electron chi connectivity index (χ1n) is 7.06. The lowest BCUT2D eigenvalue weighted by atomic mass is 10.1. The van der Waals surface area contributed by atoms with Crippen LogP contribution in [0.25, 0.3) is 6.08 Å². The van der Waals surface area contributed by atoms with Gasteiger partial charge in [0.05, 0.1) is 5.75 Å². The fourth-order valence-electron chi connectivity index (χ4n) is 2.13. The zero-order chi connectivity index (χ0) is 17.0. The summed E-state index contributed by atoms with van der Waals surface area (Å²) in [4.78, 5) is 12.0. The van der Waals surface area contributed by atoms with Gasteiger partial charge in [-0.2, -0.15) is 0 Å². The third kappa shape index (κ3) is 5.10. The summed E-state index contributed by atoms with van der Waals surface area (Å²) in [5.41, 5.74) is 2.01. The highest BCUT2D eigenvalue weighted by Crippen LogP contribution is 2.21. The van der Waals surface area contributed by atoms with Crippen molar-refractivity contribution in [3.63, 3.8) is 0 Å². The number of hydrogen-bond donors (Lipinski definition) is 1. The lowest BCUT2D eigenvalue weighted by molar-refractivity contribution is -0.111. The van der Waals surface area contributed by atoms with E-state index in [-0.39, 0.29) is 11.7 Å². The Labute approximate surface area is 135 Å². The third-order valence-electron chi connectivity index (χ3n) is 3.28. The van der Waals surface area contributed by atoms with Crippen molar-refractivity contribution in [2.24, 2.45) is 0 Å². The van der Waals surface area contributed by atoms with Crippen LogP contribution in [0, 0.1) is 13.8 Å². The van der Waals surface area contributed by atoms with Gasteiger partial charge in [-0.15, -0.1) is 0 Å². The second kappa shape index (κ2) is 6.83. The molecule has 2 rings (SSSR count). The molecule has 0 fully saturated rings. The predicted octanol–water partition coefficient (Wildman–Crippen LogP) is 3.09. The molecular weight excluding hydrogens is 314 g/mol. The summed E-state index contributed by atoms with van der Waals surface area (Å²) in [6, 6.07) is 8.80. The SMILES string of the molecule is Cc1ccc(/C=C/C(=O)Nc2cccc(CS(C)(=O)=O)c2C)o1. The molecule has 0 aliphatic carbocycles. The molecule has 1 N–H and O–H groups in total. The van der Waals surface area contributed by atoms with Crippen LogP contribution in [0.4, 0.5) is 5.69 Å². The Hall–Kier alpha value is -2.34. The van der Waals surface area contributed by atoms with Gasteiger partial charge < -0.3 is 9.73 Å². The van der Waals surface area contributed by atoms with Gasteiger partial charge in [0.1, 0.15) is 11.5 Å². The summed E-state index contributed by atoms with van der Waals surface area (Å²) in [6.45, 7) is 3.61. The molecule has 0 radical (unpaired) electrons. The van der Waals surface area contributed by atoms with E-state index in [9.17, 15) is 13.2 Å². The molecule has 1 heterocycles. The van der Waals surface area contributed by atoms with Gasteiger partial charge in [-0.05, 0) is 49.2 Å². The molecule has 0 spiro atoms. The lowest BCUT2D eigenvalue weighted by Gasteiger charge is -2.11. The Bertz CT molecular complexity index is 847. The van der Waals surface area contributed by atoms with Crippen molar-refractivity contribution < 1.29 is 17.6 Å². The van der Waals surface area contributed by atoms with Crippen molar-refractivity contribution in [1.29, 1.82) is 0 Å². The summed E-state index contributed by atoms with van der Waals surface area (Å²) >= 11 is 0. The normalized spacial score (nSPS) is 11.8. The van der Waals surface area contributed by atoms with E-state index in [4.69, 9.17) is 4.42 Å². The number of aryl methyl sites for hydroxylation is 1. The molecule has 0 unspecified atom stereocenters. The van der Waals surface area contributed by atoms with Crippen LogP contribution in [-0.4, -0.2) is 20.6 Å². The van der Waals surface area contributed by atoms with E-state index < -0.39 is 9.84 Å². The fourth-order valence-corrected chi connectivity index (χ4v) is 3.01. The van der Waals surface area contributed by atoms with Gasteiger partial charge in [-0.3, -0.25) is 4.79 Å². The van der Waals surface area contributed by atoms with E-state index in [2.05, 4.69) is 5.32 Å². The quantitative estimate of drug-likeness (QED) is 0.853. The van der Waals surface area contributed by atoms with Gasteiger partial charge in [0, 0.05) is 18.0 Å². The van der Waals surface area contributed by atoms with E-state index in [1.165, 1.54) is 12.3 Å².